The second-order valence-electron chi connectivity index (χ2n) is 3.55. The van der Waals surface area contributed by atoms with E-state index in [1.807, 2.05) is 0 Å². The zero-order chi connectivity index (χ0) is 12.6. The van der Waals surface area contributed by atoms with E-state index >= 15 is 0 Å². The smallest absolute Gasteiger partial charge is 0.180 e. The summed E-state index contributed by atoms with van der Waals surface area (Å²) in [5, 5.41) is 3.87. The van der Waals surface area contributed by atoms with Crippen LogP contribution >= 0.6 is 0 Å². The third-order valence-electron chi connectivity index (χ3n) is 2.24. The summed E-state index contributed by atoms with van der Waals surface area (Å²) >= 11 is 0. The van der Waals surface area contributed by atoms with E-state index in [2.05, 4.69) is 5.10 Å². The molecule has 0 saturated carbocycles. The van der Waals surface area contributed by atoms with Crippen LogP contribution in [-0.4, -0.2) is 24.5 Å². The normalized spacial score (nSPS) is 11.6. The Kier molecular flexibility index (Phi) is 2.62. The molecule has 0 spiro atoms. The van der Waals surface area contributed by atoms with Crippen LogP contribution in [0.5, 0.6) is 0 Å². The molecule has 2 N–H and O–H groups in total. The van der Waals surface area contributed by atoms with Gasteiger partial charge in [-0.2, -0.15) is 5.10 Å². The Hall–Kier alpha value is -1.89. The third-order valence-corrected chi connectivity index (χ3v) is 3.36. The Labute approximate surface area is 97.6 Å². The fraction of sp³-hybridized carbons (Fsp3) is 0.100. The lowest BCUT2D eigenvalue weighted by Gasteiger charge is -2.04. The number of hydrogen-bond donors (Lipinski definition) is 1. The van der Waals surface area contributed by atoms with Crippen LogP contribution in [0.2, 0.25) is 0 Å². The summed E-state index contributed by atoms with van der Waals surface area (Å²) in [6.45, 7) is 0. The molecular weight excluding hydrogens is 245 g/mol. The van der Waals surface area contributed by atoms with E-state index in [1.165, 1.54) is 35.1 Å². The predicted molar refractivity (Wildman–Crippen MR) is 61.0 cm³/mol. The van der Waals surface area contributed by atoms with E-state index in [-0.39, 0.29) is 16.5 Å². The Morgan fingerprint density at radius 3 is 2.35 bits per heavy atom. The van der Waals surface area contributed by atoms with Crippen molar-refractivity contribution in [3.63, 3.8) is 0 Å². The molecule has 0 radical (unpaired) electrons. The first-order chi connectivity index (χ1) is 7.89. The Morgan fingerprint density at radius 2 is 1.88 bits per heavy atom. The fourth-order valence-corrected chi connectivity index (χ4v) is 2.12. The molecule has 0 bridgehead atoms. The Bertz CT molecular complexity index is 647. The number of nitrogens with zero attached hydrogens (tertiary/aromatic N) is 2. The van der Waals surface area contributed by atoms with Crippen LogP contribution in [0.1, 0.15) is 0 Å². The van der Waals surface area contributed by atoms with E-state index in [9.17, 15) is 12.8 Å². The lowest BCUT2D eigenvalue weighted by Crippen LogP contribution is -2.05. The topological polar surface area (TPSA) is 78.0 Å². The molecule has 17 heavy (non-hydrogen) atoms. The Balaban J connectivity index is 2.55. The molecule has 0 aliphatic carbocycles. The van der Waals surface area contributed by atoms with Gasteiger partial charge in [-0.3, -0.25) is 0 Å². The number of aromatic nitrogens is 2. The van der Waals surface area contributed by atoms with Crippen molar-refractivity contribution < 1.29 is 12.8 Å². The van der Waals surface area contributed by atoms with Gasteiger partial charge in [-0.05, 0) is 24.3 Å². The van der Waals surface area contributed by atoms with E-state index in [4.69, 9.17) is 5.73 Å². The largest absolute Gasteiger partial charge is 0.382 e. The predicted octanol–water partition coefficient (Wildman–Crippen LogP) is 0.997. The van der Waals surface area contributed by atoms with E-state index < -0.39 is 9.84 Å². The molecule has 0 atom stereocenters. The van der Waals surface area contributed by atoms with Crippen LogP contribution in [0.25, 0.3) is 5.69 Å². The van der Waals surface area contributed by atoms with Gasteiger partial charge in [0, 0.05) is 6.26 Å². The van der Waals surface area contributed by atoms with Crippen molar-refractivity contribution in [1.29, 1.82) is 0 Å². The third kappa shape index (κ3) is 2.14. The summed E-state index contributed by atoms with van der Waals surface area (Å²) in [6.07, 6.45) is 2.23. The molecule has 7 heteroatoms. The molecular formula is C10H10FN3O2S. The number of nitrogens with two attached hydrogens (primary N) is 1. The maximum Gasteiger partial charge on any atom is 0.180 e. The van der Waals surface area contributed by atoms with Gasteiger partial charge in [-0.25, -0.2) is 17.5 Å². The van der Waals surface area contributed by atoms with E-state index in [1.54, 1.807) is 0 Å². The molecule has 5 nitrogen and oxygen atoms in total. The van der Waals surface area contributed by atoms with Crippen LogP contribution in [0.15, 0.2) is 35.4 Å². The molecule has 90 valence electrons. The van der Waals surface area contributed by atoms with Crippen LogP contribution in [-0.2, 0) is 9.84 Å². The maximum absolute atomic E-state index is 12.7. The second kappa shape index (κ2) is 3.85. The second-order valence-corrected chi connectivity index (χ2v) is 5.54. The molecule has 0 unspecified atom stereocenters. The number of rotatable bonds is 2. The average molecular weight is 255 g/mol. The van der Waals surface area contributed by atoms with Gasteiger partial charge in [0.2, 0.25) is 0 Å². The molecule has 0 aliphatic rings. The van der Waals surface area contributed by atoms with Crippen molar-refractivity contribution in [2.45, 2.75) is 4.90 Å². The Morgan fingerprint density at radius 1 is 1.29 bits per heavy atom. The number of hydrogen-bond acceptors (Lipinski definition) is 4. The zero-order valence-corrected chi connectivity index (χ0v) is 9.78. The highest BCUT2D eigenvalue weighted by molar-refractivity contribution is 7.90. The van der Waals surface area contributed by atoms with Crippen molar-refractivity contribution in [2.24, 2.45) is 0 Å². The number of benzene rings is 1. The molecule has 1 aromatic heterocycles. The molecule has 0 saturated heterocycles. The summed E-state index contributed by atoms with van der Waals surface area (Å²) in [5.74, 6) is -0.373. The van der Waals surface area contributed by atoms with Gasteiger partial charge in [-0.1, -0.05) is 0 Å². The highest BCUT2D eigenvalue weighted by atomic mass is 32.2. The monoisotopic (exact) mass is 255 g/mol. The van der Waals surface area contributed by atoms with Crippen molar-refractivity contribution in [3.05, 3.63) is 36.3 Å². The van der Waals surface area contributed by atoms with Crippen LogP contribution in [0, 0.1) is 5.82 Å². The first-order valence-corrected chi connectivity index (χ1v) is 6.58. The maximum atomic E-state index is 12.7. The average Bonchev–Trinajstić information content (AvgIpc) is 2.61. The van der Waals surface area contributed by atoms with Crippen molar-refractivity contribution >= 4 is 15.7 Å². The van der Waals surface area contributed by atoms with Gasteiger partial charge in [0.25, 0.3) is 0 Å². The molecule has 2 aromatic rings. The van der Waals surface area contributed by atoms with Gasteiger partial charge < -0.3 is 5.73 Å². The van der Waals surface area contributed by atoms with Crippen molar-refractivity contribution in [2.75, 3.05) is 12.0 Å². The highest BCUT2D eigenvalue weighted by Gasteiger charge is 2.17. The lowest BCUT2D eigenvalue weighted by molar-refractivity contribution is 0.602. The minimum atomic E-state index is -3.41. The van der Waals surface area contributed by atoms with Gasteiger partial charge in [0.1, 0.15) is 16.5 Å². The van der Waals surface area contributed by atoms with Crippen molar-refractivity contribution in [3.8, 4) is 5.69 Å². The minimum Gasteiger partial charge on any atom is -0.382 e. The van der Waals surface area contributed by atoms with E-state index in [0.29, 0.717) is 5.69 Å². The summed E-state index contributed by atoms with van der Waals surface area (Å²) in [4.78, 5) is -0.0400. The zero-order valence-electron chi connectivity index (χ0n) is 8.96. The summed E-state index contributed by atoms with van der Waals surface area (Å²) in [5.41, 5.74) is 6.19. The first kappa shape index (κ1) is 11.6. The highest BCUT2D eigenvalue weighted by Crippen LogP contribution is 2.21. The number of halogens is 1. The minimum absolute atomic E-state index is 0.0131. The number of nitrogen functional groups attached to an aromatic ring is 1. The van der Waals surface area contributed by atoms with Gasteiger partial charge in [-0.15, -0.1) is 0 Å². The fourth-order valence-electron chi connectivity index (χ4n) is 1.42. The number of sulfone groups is 1. The summed E-state index contributed by atoms with van der Waals surface area (Å²) in [6, 6.07) is 5.42. The molecule has 0 aliphatic heterocycles. The quantitative estimate of drug-likeness (QED) is 0.868. The summed E-state index contributed by atoms with van der Waals surface area (Å²) < 4.78 is 36.7. The van der Waals surface area contributed by atoms with Crippen LogP contribution in [0.4, 0.5) is 10.2 Å². The molecule has 1 heterocycles. The molecule has 1 aromatic carbocycles. The molecule has 2 rings (SSSR count). The summed E-state index contributed by atoms with van der Waals surface area (Å²) in [7, 11) is -3.41. The van der Waals surface area contributed by atoms with Crippen molar-refractivity contribution in [1.82, 2.24) is 9.78 Å². The van der Waals surface area contributed by atoms with Gasteiger partial charge in [0.05, 0.1) is 11.9 Å². The SMILES string of the molecule is CS(=O)(=O)c1cnn(-c2ccc(F)cc2)c1N. The van der Waals surface area contributed by atoms with Gasteiger partial charge >= 0.3 is 0 Å². The first-order valence-electron chi connectivity index (χ1n) is 4.69. The molecule has 0 amide bonds. The number of anilines is 1. The van der Waals surface area contributed by atoms with Gasteiger partial charge in [0.15, 0.2) is 9.84 Å². The van der Waals surface area contributed by atoms with E-state index in [0.717, 1.165) is 6.26 Å². The van der Waals surface area contributed by atoms with Crippen LogP contribution in [0.3, 0.4) is 0 Å². The van der Waals surface area contributed by atoms with Crippen LogP contribution < -0.4 is 5.73 Å². The lowest BCUT2D eigenvalue weighted by atomic mass is 10.3. The molecule has 0 fully saturated rings. The standard InChI is InChI=1S/C10H10FN3O2S/c1-17(15,16)9-6-13-14(10(9)12)8-4-2-7(11)3-5-8/h2-6H,12H2,1H3.